The number of benzene rings is 2. The second kappa shape index (κ2) is 6.75. The van der Waals surface area contributed by atoms with Crippen LogP contribution in [-0.4, -0.2) is 37.5 Å². The molecule has 0 radical (unpaired) electrons. The summed E-state index contributed by atoms with van der Waals surface area (Å²) >= 11 is 0. The zero-order valence-electron chi connectivity index (χ0n) is 12.9. The van der Waals surface area contributed by atoms with Crippen LogP contribution in [0.5, 0.6) is 0 Å². The minimum absolute atomic E-state index is 0.0966. The molecule has 1 saturated heterocycles. The van der Waals surface area contributed by atoms with Crippen LogP contribution < -0.4 is 5.32 Å². The first-order valence-corrected chi connectivity index (χ1v) is 7.82. The van der Waals surface area contributed by atoms with Gasteiger partial charge >= 0.3 is 0 Å². The summed E-state index contributed by atoms with van der Waals surface area (Å²) in [5.74, 6) is 1.03. The molecular formula is C19H22N2O. The molecule has 0 bridgehead atoms. The quantitative estimate of drug-likeness (QED) is 0.940. The number of nitrogens with zero attached hydrogens (tertiary/aromatic N) is 1. The van der Waals surface area contributed by atoms with Crippen LogP contribution in [0.4, 0.5) is 0 Å². The average molecular weight is 294 g/mol. The van der Waals surface area contributed by atoms with Gasteiger partial charge in [0, 0.05) is 38.2 Å². The van der Waals surface area contributed by atoms with Crippen molar-refractivity contribution in [3.63, 3.8) is 0 Å². The maximum absolute atomic E-state index is 12.5. The predicted molar refractivity (Wildman–Crippen MR) is 88.9 cm³/mol. The summed E-state index contributed by atoms with van der Waals surface area (Å²) in [6.07, 6.45) is 0. The van der Waals surface area contributed by atoms with E-state index in [2.05, 4.69) is 29.6 Å². The third-order valence-corrected chi connectivity index (χ3v) is 4.44. The number of carbonyl (C=O) groups is 1. The van der Waals surface area contributed by atoms with Gasteiger partial charge in [0.1, 0.15) is 0 Å². The Morgan fingerprint density at radius 3 is 2.36 bits per heavy atom. The van der Waals surface area contributed by atoms with Crippen LogP contribution in [0.25, 0.3) is 0 Å². The number of hydrogen-bond acceptors (Lipinski definition) is 2. The van der Waals surface area contributed by atoms with Crippen LogP contribution in [0, 0.1) is 5.92 Å². The van der Waals surface area contributed by atoms with Crippen LogP contribution in [0.15, 0.2) is 60.7 Å². The Kier molecular flexibility index (Phi) is 4.54. The Labute approximate surface area is 132 Å². The fraction of sp³-hybridized carbons (Fsp3) is 0.316. The lowest BCUT2D eigenvalue weighted by molar-refractivity contribution is 0.0772. The van der Waals surface area contributed by atoms with E-state index in [9.17, 15) is 4.79 Å². The molecule has 22 heavy (non-hydrogen) atoms. The van der Waals surface area contributed by atoms with E-state index in [0.717, 1.165) is 25.2 Å². The smallest absolute Gasteiger partial charge is 0.253 e. The monoisotopic (exact) mass is 294 g/mol. The van der Waals surface area contributed by atoms with Crippen LogP contribution in [-0.2, 0) is 0 Å². The highest BCUT2D eigenvalue weighted by molar-refractivity contribution is 5.94. The maximum Gasteiger partial charge on any atom is 0.253 e. The lowest BCUT2D eigenvalue weighted by Crippen LogP contribution is -2.34. The van der Waals surface area contributed by atoms with E-state index in [1.165, 1.54) is 5.56 Å². The summed E-state index contributed by atoms with van der Waals surface area (Å²) in [4.78, 5) is 14.3. The van der Waals surface area contributed by atoms with E-state index in [-0.39, 0.29) is 5.91 Å². The van der Waals surface area contributed by atoms with E-state index < -0.39 is 0 Å². The van der Waals surface area contributed by atoms with Crippen LogP contribution in [0.3, 0.4) is 0 Å². The van der Waals surface area contributed by atoms with E-state index in [4.69, 9.17) is 0 Å². The molecule has 1 aliphatic heterocycles. The van der Waals surface area contributed by atoms with Gasteiger partial charge in [0.15, 0.2) is 0 Å². The maximum atomic E-state index is 12.5. The number of carbonyl (C=O) groups excluding carboxylic acids is 1. The first kappa shape index (κ1) is 14.8. The van der Waals surface area contributed by atoms with E-state index in [1.54, 1.807) is 0 Å². The molecule has 3 heteroatoms. The van der Waals surface area contributed by atoms with Crippen LogP contribution in [0.2, 0.25) is 0 Å². The van der Waals surface area contributed by atoms with E-state index >= 15 is 0 Å². The van der Waals surface area contributed by atoms with E-state index in [1.807, 2.05) is 48.3 Å². The normalized spacial score (nSPS) is 20.8. The largest absolute Gasteiger partial charge is 0.341 e. The molecule has 0 aromatic heterocycles. The third kappa shape index (κ3) is 3.20. The topological polar surface area (TPSA) is 32.3 Å². The Bertz CT molecular complexity index is 612. The number of nitrogens with one attached hydrogen (secondary N) is 1. The lowest BCUT2D eigenvalue weighted by Gasteiger charge is -2.25. The molecule has 0 spiro atoms. The first-order valence-electron chi connectivity index (χ1n) is 7.82. The zero-order chi connectivity index (χ0) is 15.4. The number of amides is 1. The van der Waals surface area contributed by atoms with Crippen molar-refractivity contribution >= 4 is 5.91 Å². The Morgan fingerprint density at radius 1 is 1.05 bits per heavy atom. The van der Waals surface area contributed by atoms with Crippen molar-refractivity contribution in [2.45, 2.75) is 5.92 Å². The average Bonchev–Trinajstić information content (AvgIpc) is 3.04. The molecule has 2 aromatic carbocycles. The molecule has 1 heterocycles. The van der Waals surface area contributed by atoms with Gasteiger partial charge in [-0.25, -0.2) is 0 Å². The highest BCUT2D eigenvalue weighted by Gasteiger charge is 2.30. The van der Waals surface area contributed by atoms with Gasteiger partial charge in [-0.05, 0) is 23.6 Å². The van der Waals surface area contributed by atoms with Crippen molar-refractivity contribution in [1.29, 1.82) is 0 Å². The molecule has 0 aliphatic carbocycles. The molecule has 0 saturated carbocycles. The van der Waals surface area contributed by atoms with Crippen molar-refractivity contribution in [3.05, 3.63) is 71.8 Å². The Balaban J connectivity index is 1.68. The standard InChI is InChI=1S/C19H22N2O/c1-21(19(22)16-10-6-3-7-11-16)14-17-12-20-13-18(17)15-8-4-2-5-9-15/h2-11,17-18,20H,12-14H2,1H3/t17-,18+/m1/s1. The number of rotatable bonds is 4. The third-order valence-electron chi connectivity index (χ3n) is 4.44. The number of hydrogen-bond donors (Lipinski definition) is 1. The minimum atomic E-state index is 0.0966. The van der Waals surface area contributed by atoms with Gasteiger partial charge in [0.05, 0.1) is 0 Å². The fourth-order valence-electron chi connectivity index (χ4n) is 3.25. The van der Waals surface area contributed by atoms with Crippen molar-refractivity contribution in [2.75, 3.05) is 26.7 Å². The van der Waals surface area contributed by atoms with Gasteiger partial charge in [-0.15, -0.1) is 0 Å². The molecule has 3 nitrogen and oxygen atoms in total. The Hall–Kier alpha value is -2.13. The first-order chi connectivity index (χ1) is 10.8. The molecule has 1 amide bonds. The van der Waals surface area contributed by atoms with Gasteiger partial charge in [0.2, 0.25) is 0 Å². The molecular weight excluding hydrogens is 272 g/mol. The summed E-state index contributed by atoms with van der Waals surface area (Å²) in [7, 11) is 1.90. The highest BCUT2D eigenvalue weighted by atomic mass is 16.2. The van der Waals surface area contributed by atoms with Gasteiger partial charge in [-0.3, -0.25) is 4.79 Å². The summed E-state index contributed by atoms with van der Waals surface area (Å²) in [5.41, 5.74) is 2.12. The summed E-state index contributed by atoms with van der Waals surface area (Å²) in [5, 5.41) is 3.47. The fourth-order valence-corrected chi connectivity index (χ4v) is 3.25. The molecule has 114 valence electrons. The lowest BCUT2D eigenvalue weighted by atomic mass is 9.88. The summed E-state index contributed by atoms with van der Waals surface area (Å²) in [6.45, 7) is 2.73. The van der Waals surface area contributed by atoms with Crippen LogP contribution >= 0.6 is 0 Å². The van der Waals surface area contributed by atoms with Gasteiger partial charge in [-0.2, -0.15) is 0 Å². The van der Waals surface area contributed by atoms with Crippen molar-refractivity contribution in [2.24, 2.45) is 5.92 Å². The zero-order valence-corrected chi connectivity index (χ0v) is 12.9. The summed E-state index contributed by atoms with van der Waals surface area (Å²) in [6, 6.07) is 20.1. The van der Waals surface area contributed by atoms with Crippen LogP contribution in [0.1, 0.15) is 21.8 Å². The SMILES string of the molecule is CN(C[C@H]1CNC[C@H]1c1ccccc1)C(=O)c1ccccc1. The van der Waals surface area contributed by atoms with E-state index in [0.29, 0.717) is 11.8 Å². The predicted octanol–water partition coefficient (Wildman–Crippen LogP) is 2.76. The van der Waals surface area contributed by atoms with Gasteiger partial charge < -0.3 is 10.2 Å². The minimum Gasteiger partial charge on any atom is -0.341 e. The molecule has 2 aromatic rings. The molecule has 1 aliphatic rings. The van der Waals surface area contributed by atoms with Crippen molar-refractivity contribution in [3.8, 4) is 0 Å². The summed E-state index contributed by atoms with van der Waals surface area (Å²) < 4.78 is 0. The second-order valence-corrected chi connectivity index (χ2v) is 5.99. The molecule has 1 N–H and O–H groups in total. The second-order valence-electron chi connectivity index (χ2n) is 5.99. The molecule has 2 atom stereocenters. The molecule has 3 rings (SSSR count). The van der Waals surface area contributed by atoms with Gasteiger partial charge in [-0.1, -0.05) is 48.5 Å². The molecule has 1 fully saturated rings. The highest BCUT2D eigenvalue weighted by Crippen LogP contribution is 2.28. The van der Waals surface area contributed by atoms with Crippen molar-refractivity contribution < 1.29 is 4.79 Å². The van der Waals surface area contributed by atoms with Crippen molar-refractivity contribution in [1.82, 2.24) is 10.2 Å². The van der Waals surface area contributed by atoms with Gasteiger partial charge in [0.25, 0.3) is 5.91 Å². The Morgan fingerprint density at radius 2 is 1.68 bits per heavy atom. The molecule has 0 unspecified atom stereocenters.